The van der Waals surface area contributed by atoms with E-state index < -0.39 is 0 Å². The number of allylic oxidation sites excluding steroid dienone is 5. The van der Waals surface area contributed by atoms with Crippen LogP contribution in [0.4, 0.5) is 0 Å². The number of hydrogen-bond donors (Lipinski definition) is 1. The summed E-state index contributed by atoms with van der Waals surface area (Å²) in [7, 11) is 0. The number of nitrogens with zero attached hydrogens (tertiary/aromatic N) is 1. The normalized spacial score (nSPS) is 15.7. The Kier molecular flexibility index (Phi) is 3.92. The Labute approximate surface area is 130 Å². The summed E-state index contributed by atoms with van der Waals surface area (Å²) in [6.45, 7) is 3.67. The summed E-state index contributed by atoms with van der Waals surface area (Å²) in [6.07, 6.45) is 7.43. The van der Waals surface area contributed by atoms with Crippen LogP contribution in [0.3, 0.4) is 0 Å². The summed E-state index contributed by atoms with van der Waals surface area (Å²) in [6, 6.07) is 18.4. The Hall–Kier alpha value is -3.00. The molecular formula is C20H16N2. The van der Waals surface area contributed by atoms with Gasteiger partial charge in [0.1, 0.15) is 0 Å². The van der Waals surface area contributed by atoms with Gasteiger partial charge in [0.2, 0.25) is 0 Å². The van der Waals surface area contributed by atoms with Crippen molar-refractivity contribution in [3.05, 3.63) is 90.0 Å². The SMILES string of the molecule is C=N/C(=C1/C=CC=CC1=N)c1ccc(-c2ccccc2)cc1. The molecule has 0 unspecified atom stereocenters. The van der Waals surface area contributed by atoms with Crippen LogP contribution in [0.5, 0.6) is 0 Å². The second kappa shape index (κ2) is 6.19. The van der Waals surface area contributed by atoms with Crippen molar-refractivity contribution in [2.45, 2.75) is 0 Å². The second-order valence-electron chi connectivity index (χ2n) is 5.00. The molecule has 1 aliphatic carbocycles. The van der Waals surface area contributed by atoms with Crippen molar-refractivity contribution in [3.8, 4) is 11.1 Å². The van der Waals surface area contributed by atoms with Crippen LogP contribution in [0.2, 0.25) is 0 Å². The molecule has 0 amide bonds. The molecule has 0 spiro atoms. The number of rotatable bonds is 3. The van der Waals surface area contributed by atoms with Crippen LogP contribution < -0.4 is 0 Å². The van der Waals surface area contributed by atoms with Crippen LogP contribution in [0, 0.1) is 5.41 Å². The lowest BCUT2D eigenvalue weighted by atomic mass is 9.97. The van der Waals surface area contributed by atoms with Gasteiger partial charge in [-0.25, -0.2) is 0 Å². The molecular weight excluding hydrogens is 268 g/mol. The van der Waals surface area contributed by atoms with Gasteiger partial charge in [-0.1, -0.05) is 72.8 Å². The number of aliphatic imine (C=N–C) groups is 1. The van der Waals surface area contributed by atoms with Gasteiger partial charge in [0, 0.05) is 11.1 Å². The van der Waals surface area contributed by atoms with Crippen LogP contribution in [-0.2, 0) is 0 Å². The van der Waals surface area contributed by atoms with Gasteiger partial charge in [-0.05, 0) is 23.9 Å². The first-order valence-electron chi connectivity index (χ1n) is 7.10. The molecule has 106 valence electrons. The Balaban J connectivity index is 2.00. The zero-order valence-corrected chi connectivity index (χ0v) is 12.2. The fraction of sp³-hybridized carbons (Fsp3) is 0. The minimum Gasteiger partial charge on any atom is -0.300 e. The van der Waals surface area contributed by atoms with Crippen molar-refractivity contribution in [2.24, 2.45) is 4.99 Å². The van der Waals surface area contributed by atoms with E-state index in [1.54, 1.807) is 6.08 Å². The Morgan fingerprint density at radius 3 is 2.09 bits per heavy atom. The first kappa shape index (κ1) is 14.0. The van der Waals surface area contributed by atoms with Crippen LogP contribution in [0.25, 0.3) is 16.8 Å². The molecule has 2 heteroatoms. The van der Waals surface area contributed by atoms with E-state index in [0.717, 1.165) is 22.4 Å². The monoisotopic (exact) mass is 284 g/mol. The van der Waals surface area contributed by atoms with Gasteiger partial charge in [-0.3, -0.25) is 4.99 Å². The lowest BCUT2D eigenvalue weighted by Crippen LogP contribution is -2.01. The van der Waals surface area contributed by atoms with Crippen molar-refractivity contribution < 1.29 is 0 Å². The van der Waals surface area contributed by atoms with E-state index in [2.05, 4.69) is 36.0 Å². The molecule has 2 aromatic carbocycles. The maximum absolute atomic E-state index is 8.02. The Morgan fingerprint density at radius 1 is 0.818 bits per heavy atom. The highest BCUT2D eigenvalue weighted by molar-refractivity contribution is 6.14. The zero-order valence-electron chi connectivity index (χ0n) is 12.2. The van der Waals surface area contributed by atoms with Gasteiger partial charge in [0.05, 0.1) is 11.4 Å². The van der Waals surface area contributed by atoms with E-state index in [1.807, 2.05) is 48.6 Å². The van der Waals surface area contributed by atoms with E-state index in [9.17, 15) is 0 Å². The molecule has 0 saturated heterocycles. The second-order valence-corrected chi connectivity index (χ2v) is 5.00. The van der Waals surface area contributed by atoms with Crippen molar-refractivity contribution in [1.82, 2.24) is 0 Å². The number of nitrogens with one attached hydrogen (secondary N) is 1. The summed E-state index contributed by atoms with van der Waals surface area (Å²) in [5.41, 5.74) is 5.30. The van der Waals surface area contributed by atoms with Crippen molar-refractivity contribution in [2.75, 3.05) is 0 Å². The summed E-state index contributed by atoms with van der Waals surface area (Å²) >= 11 is 0. The number of benzene rings is 2. The van der Waals surface area contributed by atoms with E-state index in [0.29, 0.717) is 5.71 Å². The Morgan fingerprint density at radius 2 is 1.45 bits per heavy atom. The average Bonchev–Trinajstić information content (AvgIpc) is 2.59. The third-order valence-electron chi connectivity index (χ3n) is 3.61. The lowest BCUT2D eigenvalue weighted by Gasteiger charge is -2.11. The minimum absolute atomic E-state index is 0.456. The smallest absolute Gasteiger partial charge is 0.0788 e. The largest absolute Gasteiger partial charge is 0.300 e. The van der Waals surface area contributed by atoms with E-state index in [-0.39, 0.29) is 0 Å². The molecule has 2 aromatic rings. The molecule has 1 aliphatic rings. The zero-order chi connectivity index (χ0) is 15.4. The van der Waals surface area contributed by atoms with E-state index >= 15 is 0 Å². The van der Waals surface area contributed by atoms with Gasteiger partial charge in [0.25, 0.3) is 0 Å². The molecule has 0 aromatic heterocycles. The highest BCUT2D eigenvalue weighted by atomic mass is 14.7. The molecule has 0 atom stereocenters. The summed E-state index contributed by atoms with van der Waals surface area (Å²) in [4.78, 5) is 4.14. The summed E-state index contributed by atoms with van der Waals surface area (Å²) in [5, 5.41) is 8.02. The van der Waals surface area contributed by atoms with Gasteiger partial charge < -0.3 is 5.41 Å². The van der Waals surface area contributed by atoms with E-state index in [4.69, 9.17) is 5.41 Å². The molecule has 0 bridgehead atoms. The van der Waals surface area contributed by atoms with Crippen LogP contribution in [0.1, 0.15) is 5.56 Å². The minimum atomic E-state index is 0.456. The predicted octanol–water partition coefficient (Wildman–Crippen LogP) is 4.91. The van der Waals surface area contributed by atoms with Crippen molar-refractivity contribution >= 4 is 18.1 Å². The van der Waals surface area contributed by atoms with Crippen LogP contribution >= 0.6 is 0 Å². The maximum Gasteiger partial charge on any atom is 0.0788 e. The van der Waals surface area contributed by atoms with E-state index in [1.165, 1.54) is 5.56 Å². The first-order valence-corrected chi connectivity index (χ1v) is 7.10. The third kappa shape index (κ3) is 2.72. The quantitative estimate of drug-likeness (QED) is 0.777. The number of hydrogen-bond acceptors (Lipinski definition) is 2. The highest BCUT2D eigenvalue weighted by Gasteiger charge is 2.11. The van der Waals surface area contributed by atoms with Gasteiger partial charge in [0.15, 0.2) is 0 Å². The summed E-state index contributed by atoms with van der Waals surface area (Å²) < 4.78 is 0. The molecule has 2 nitrogen and oxygen atoms in total. The molecule has 0 fully saturated rings. The fourth-order valence-corrected chi connectivity index (χ4v) is 2.47. The highest BCUT2D eigenvalue weighted by Crippen LogP contribution is 2.26. The van der Waals surface area contributed by atoms with Gasteiger partial charge >= 0.3 is 0 Å². The molecule has 0 aliphatic heterocycles. The van der Waals surface area contributed by atoms with Gasteiger partial charge in [-0.2, -0.15) is 0 Å². The standard InChI is InChI=1S/C20H16N2/c1-22-20(18-9-5-6-10-19(18)21)17-13-11-16(12-14-17)15-7-3-2-4-8-15/h2-14,21H,1H2/b20-18-,21-19?. The molecule has 0 saturated carbocycles. The van der Waals surface area contributed by atoms with Crippen LogP contribution in [-0.4, -0.2) is 12.4 Å². The molecule has 22 heavy (non-hydrogen) atoms. The topological polar surface area (TPSA) is 36.2 Å². The molecule has 0 radical (unpaired) electrons. The molecule has 1 N–H and O–H groups in total. The average molecular weight is 284 g/mol. The molecule has 0 heterocycles. The molecule has 3 rings (SSSR count). The van der Waals surface area contributed by atoms with Gasteiger partial charge in [-0.15, -0.1) is 0 Å². The lowest BCUT2D eigenvalue weighted by molar-refractivity contribution is 1.45. The maximum atomic E-state index is 8.02. The van der Waals surface area contributed by atoms with Crippen LogP contribution in [0.15, 0.2) is 89.5 Å². The summed E-state index contributed by atoms with van der Waals surface area (Å²) in [5.74, 6) is 0. The van der Waals surface area contributed by atoms with Crippen molar-refractivity contribution in [1.29, 1.82) is 5.41 Å². The first-order chi connectivity index (χ1) is 10.8. The fourth-order valence-electron chi connectivity index (χ4n) is 2.47. The predicted molar refractivity (Wildman–Crippen MR) is 94.4 cm³/mol. The Bertz CT molecular complexity index is 791. The van der Waals surface area contributed by atoms with Crippen molar-refractivity contribution in [3.63, 3.8) is 0 Å². The third-order valence-corrected chi connectivity index (χ3v) is 3.61.